The van der Waals surface area contributed by atoms with Crippen molar-refractivity contribution < 1.29 is 14.2 Å². The number of amides is 3. The molecule has 0 N–H and O–H groups in total. The van der Waals surface area contributed by atoms with Crippen molar-refractivity contribution in [3.63, 3.8) is 0 Å². The third-order valence-corrected chi connectivity index (χ3v) is 4.66. The van der Waals surface area contributed by atoms with Gasteiger partial charge in [0, 0.05) is 0 Å². The van der Waals surface area contributed by atoms with Crippen molar-refractivity contribution in [2.24, 2.45) is 5.92 Å². The van der Waals surface area contributed by atoms with E-state index in [1.807, 2.05) is 67.6 Å². The molecule has 4 heteroatoms. The second-order valence-electron chi connectivity index (χ2n) is 6.51. The maximum atomic E-state index is 13.2. The van der Waals surface area contributed by atoms with Gasteiger partial charge in [-0.2, -0.15) is 9.37 Å². The van der Waals surface area contributed by atoms with Crippen molar-refractivity contribution in [1.82, 2.24) is 0 Å². The Morgan fingerprint density at radius 2 is 1.81 bits per heavy atom. The Kier molecular flexibility index (Phi) is 4.09. The maximum absolute atomic E-state index is 13.2. The van der Waals surface area contributed by atoms with Gasteiger partial charge in [-0.15, -0.1) is 4.90 Å². The zero-order chi connectivity index (χ0) is 18.1. The third-order valence-electron chi connectivity index (χ3n) is 4.66. The fourth-order valence-electron chi connectivity index (χ4n) is 3.43. The molecule has 1 heterocycles. The predicted molar refractivity (Wildman–Crippen MR) is 101 cm³/mol. The Hall–Kier alpha value is -3.27. The number of allylic oxidation sites excluding steroid dienone is 3. The largest absolute Gasteiger partial charge is 0.506 e. The van der Waals surface area contributed by atoms with Gasteiger partial charge in [0.05, 0.1) is 0 Å². The van der Waals surface area contributed by atoms with Gasteiger partial charge in [-0.1, -0.05) is 66.3 Å². The number of carbonyl (C=O) groups is 2. The maximum Gasteiger partial charge on any atom is 0.506 e. The van der Waals surface area contributed by atoms with Crippen LogP contribution in [0.3, 0.4) is 0 Å². The number of hydrogen-bond donors (Lipinski definition) is 0. The first-order valence-corrected chi connectivity index (χ1v) is 8.63. The smallest absolute Gasteiger partial charge is 0.245 e. The van der Waals surface area contributed by atoms with E-state index in [9.17, 15) is 9.59 Å². The first-order valence-electron chi connectivity index (χ1n) is 8.63. The van der Waals surface area contributed by atoms with Crippen LogP contribution >= 0.6 is 0 Å². The van der Waals surface area contributed by atoms with E-state index in [-0.39, 0.29) is 11.9 Å². The first kappa shape index (κ1) is 16.2. The van der Waals surface area contributed by atoms with Gasteiger partial charge >= 0.3 is 11.9 Å². The highest BCUT2D eigenvalue weighted by molar-refractivity contribution is 6.25. The number of nitrogens with zero attached hydrogens (tertiary/aromatic N) is 2. The van der Waals surface area contributed by atoms with E-state index >= 15 is 0 Å². The van der Waals surface area contributed by atoms with Crippen LogP contribution in [0.1, 0.15) is 11.1 Å². The van der Waals surface area contributed by atoms with Gasteiger partial charge in [-0.25, -0.2) is 4.79 Å². The van der Waals surface area contributed by atoms with E-state index in [0.29, 0.717) is 12.2 Å². The minimum atomic E-state index is -0.442. The Bertz CT molecular complexity index is 971. The minimum Gasteiger partial charge on any atom is -0.245 e. The number of hydrogen-bond acceptors (Lipinski definition) is 2. The van der Waals surface area contributed by atoms with Crippen LogP contribution in [0.15, 0.2) is 78.9 Å². The molecule has 2 aromatic rings. The lowest BCUT2D eigenvalue weighted by molar-refractivity contribution is -0.445. The highest BCUT2D eigenvalue weighted by Gasteiger charge is 2.47. The number of aryl methyl sites for hydroxylation is 1. The Morgan fingerprint density at radius 3 is 2.58 bits per heavy atom. The van der Waals surface area contributed by atoms with Crippen LogP contribution in [-0.2, 0) is 11.3 Å². The molecule has 1 atom stereocenters. The normalized spacial score (nSPS) is 19.1. The number of fused-ring (bicyclic) bond motifs is 1. The topological polar surface area (TPSA) is 40.4 Å². The van der Waals surface area contributed by atoms with Crippen LogP contribution < -0.4 is 4.90 Å². The van der Waals surface area contributed by atoms with Crippen LogP contribution in [-0.4, -0.2) is 22.2 Å². The van der Waals surface area contributed by atoms with Crippen LogP contribution in [0.4, 0.5) is 10.5 Å². The molecule has 1 aliphatic heterocycles. The monoisotopic (exact) mass is 343 g/mol. The number of imide groups is 1. The lowest BCUT2D eigenvalue weighted by Crippen LogP contribution is -2.54. The molecule has 0 aromatic heterocycles. The van der Waals surface area contributed by atoms with Crippen molar-refractivity contribution in [3.8, 4) is 0 Å². The lowest BCUT2D eigenvalue weighted by Gasteiger charge is -2.26. The fourth-order valence-corrected chi connectivity index (χ4v) is 3.43. The highest BCUT2D eigenvalue weighted by atomic mass is 16.2. The van der Waals surface area contributed by atoms with Gasteiger partial charge in [0.15, 0.2) is 0 Å². The lowest BCUT2D eigenvalue weighted by atomic mass is 9.94. The Labute approximate surface area is 152 Å². The van der Waals surface area contributed by atoms with Crippen LogP contribution in [0, 0.1) is 12.8 Å². The standard InChI is InChI=1S/C22H19N2O2/c1-16-8-7-9-17(14-16)15-23-20-13-6-5-12-19(20)21(25)24(22(23)26)18-10-3-2-4-11-18/h2-14,19H,15H2,1H3/q+1. The van der Waals surface area contributed by atoms with Crippen LogP contribution in [0.25, 0.3) is 0 Å². The molecule has 0 saturated heterocycles. The summed E-state index contributed by atoms with van der Waals surface area (Å²) in [7, 11) is 0. The molecule has 0 fully saturated rings. The number of anilines is 1. The molecule has 4 rings (SSSR count). The highest BCUT2D eigenvalue weighted by Crippen LogP contribution is 2.26. The number of carbonyl (C=O) groups excluding carboxylic acids is 2. The number of rotatable bonds is 3. The molecule has 1 aliphatic carbocycles. The van der Waals surface area contributed by atoms with E-state index in [0.717, 1.165) is 16.8 Å². The Morgan fingerprint density at radius 1 is 1.00 bits per heavy atom. The molecular weight excluding hydrogens is 324 g/mol. The van der Waals surface area contributed by atoms with Crippen LogP contribution in [0.5, 0.6) is 0 Å². The van der Waals surface area contributed by atoms with Crippen molar-refractivity contribution in [1.29, 1.82) is 0 Å². The summed E-state index contributed by atoms with van der Waals surface area (Å²) in [4.78, 5) is 27.5. The van der Waals surface area contributed by atoms with E-state index in [4.69, 9.17) is 0 Å². The molecule has 1 unspecified atom stereocenters. The summed E-state index contributed by atoms with van der Waals surface area (Å²) in [5.74, 6) is -0.653. The quantitative estimate of drug-likeness (QED) is 0.794. The molecular formula is C22H19N2O2+. The van der Waals surface area contributed by atoms with Crippen molar-refractivity contribution in [2.45, 2.75) is 13.5 Å². The summed E-state index contributed by atoms with van der Waals surface area (Å²) >= 11 is 0. The Balaban J connectivity index is 1.81. The van der Waals surface area contributed by atoms with Crippen LogP contribution in [0.2, 0.25) is 0 Å². The molecule has 2 aromatic carbocycles. The fraction of sp³-hybridized carbons (Fsp3) is 0.136. The summed E-state index contributed by atoms with van der Waals surface area (Å²) in [6.07, 6.45) is 7.44. The molecule has 4 nitrogen and oxygen atoms in total. The summed E-state index contributed by atoms with van der Waals surface area (Å²) in [5.41, 5.74) is 3.51. The molecule has 3 amide bonds. The third kappa shape index (κ3) is 2.80. The minimum absolute atomic E-state index is 0.211. The molecule has 2 aliphatic rings. The molecule has 128 valence electrons. The number of benzene rings is 2. The van der Waals surface area contributed by atoms with E-state index in [2.05, 4.69) is 6.07 Å². The molecule has 0 saturated carbocycles. The molecule has 0 spiro atoms. The summed E-state index contributed by atoms with van der Waals surface area (Å²) < 4.78 is 1.70. The number of urea groups is 1. The SMILES string of the molecule is Cc1cccc(C[N+]2=C3C=CC=CC3C(=O)N(c3ccccc3)C2=O)c1. The average molecular weight is 343 g/mol. The molecule has 26 heavy (non-hydrogen) atoms. The summed E-state index contributed by atoms with van der Waals surface area (Å²) in [6, 6.07) is 16.9. The summed E-state index contributed by atoms with van der Waals surface area (Å²) in [5, 5.41) is 0. The van der Waals surface area contributed by atoms with Crippen molar-refractivity contribution in [3.05, 3.63) is 90.0 Å². The van der Waals surface area contributed by atoms with E-state index in [1.54, 1.807) is 16.7 Å². The zero-order valence-corrected chi connectivity index (χ0v) is 14.5. The second-order valence-corrected chi connectivity index (χ2v) is 6.51. The zero-order valence-electron chi connectivity index (χ0n) is 14.5. The van der Waals surface area contributed by atoms with Crippen molar-refractivity contribution in [2.75, 3.05) is 4.90 Å². The van der Waals surface area contributed by atoms with E-state index in [1.165, 1.54) is 4.90 Å². The predicted octanol–water partition coefficient (Wildman–Crippen LogP) is 3.86. The number of para-hydroxylation sites is 1. The van der Waals surface area contributed by atoms with E-state index < -0.39 is 5.92 Å². The van der Waals surface area contributed by atoms with Gasteiger partial charge in [-0.05, 0) is 30.7 Å². The van der Waals surface area contributed by atoms with Gasteiger partial charge < -0.3 is 0 Å². The average Bonchev–Trinajstić information content (AvgIpc) is 2.66. The summed E-state index contributed by atoms with van der Waals surface area (Å²) in [6.45, 7) is 2.46. The molecule has 0 bridgehead atoms. The first-order chi connectivity index (χ1) is 12.6. The van der Waals surface area contributed by atoms with Gasteiger partial charge in [0.25, 0.3) is 0 Å². The van der Waals surface area contributed by atoms with Gasteiger partial charge in [-0.3, -0.25) is 0 Å². The van der Waals surface area contributed by atoms with Gasteiger partial charge in [0.2, 0.25) is 0 Å². The van der Waals surface area contributed by atoms with Crippen molar-refractivity contribution >= 4 is 23.3 Å². The molecule has 0 radical (unpaired) electrons. The second kappa shape index (κ2) is 6.56. The van der Waals surface area contributed by atoms with Gasteiger partial charge in [0.1, 0.15) is 23.9 Å².